The van der Waals surface area contributed by atoms with Gasteiger partial charge in [-0.25, -0.2) is 0 Å². The molecule has 1 aromatic carbocycles. The molecule has 3 rings (SSSR count). The smallest absolute Gasteiger partial charge is 0.0828 e. The summed E-state index contributed by atoms with van der Waals surface area (Å²) in [6.45, 7) is 2.65. The predicted molar refractivity (Wildman–Crippen MR) is 105 cm³/mol. The van der Waals surface area contributed by atoms with Crippen LogP contribution < -0.4 is 35.4 Å². The quantitative estimate of drug-likeness (QED) is 0.511. The second-order valence-corrected chi connectivity index (χ2v) is 7.90. The molecule has 3 nitrogen and oxygen atoms in total. The summed E-state index contributed by atoms with van der Waals surface area (Å²) in [6.07, 6.45) is 13.9. The standard InChI is InChI=1S/C22H36N2O.2ClH/c1-4-10-19(11-5-1)18-25-22(16-23-20-12-6-2-7-13-20)17-24-21-14-8-3-9-15-21;;/h1,4-5,10-11,20-24H,2-3,6-9,12-18H2;2*1H/p-2. The van der Waals surface area contributed by atoms with Gasteiger partial charge in [-0.3, -0.25) is 0 Å². The van der Waals surface area contributed by atoms with Crippen LogP contribution in [0.1, 0.15) is 69.8 Å². The lowest BCUT2D eigenvalue weighted by molar-refractivity contribution is -0.00100. The molecular formula is C22H36Cl2N2O-2. The maximum Gasteiger partial charge on any atom is 0.0828 e. The molecule has 0 unspecified atom stereocenters. The summed E-state index contributed by atoms with van der Waals surface area (Å²) in [6, 6.07) is 12.0. The van der Waals surface area contributed by atoms with E-state index in [-0.39, 0.29) is 30.9 Å². The van der Waals surface area contributed by atoms with Crippen molar-refractivity contribution >= 4 is 0 Å². The van der Waals surface area contributed by atoms with Crippen LogP contribution in [0.2, 0.25) is 0 Å². The fourth-order valence-corrected chi connectivity index (χ4v) is 4.19. The van der Waals surface area contributed by atoms with Gasteiger partial charge in [0.2, 0.25) is 0 Å². The number of halogens is 2. The third-order valence-electron chi connectivity index (χ3n) is 5.81. The van der Waals surface area contributed by atoms with E-state index in [4.69, 9.17) is 4.74 Å². The Morgan fingerprint density at radius 2 is 1.22 bits per heavy atom. The predicted octanol–water partition coefficient (Wildman–Crippen LogP) is -1.58. The van der Waals surface area contributed by atoms with E-state index in [0.717, 1.165) is 13.1 Å². The molecule has 2 fully saturated rings. The van der Waals surface area contributed by atoms with E-state index < -0.39 is 0 Å². The molecule has 0 aromatic heterocycles. The molecule has 0 atom stereocenters. The summed E-state index contributed by atoms with van der Waals surface area (Å²) in [5.74, 6) is 0. The summed E-state index contributed by atoms with van der Waals surface area (Å²) in [5, 5.41) is 7.56. The molecule has 0 aliphatic heterocycles. The van der Waals surface area contributed by atoms with Crippen molar-refractivity contribution in [3.05, 3.63) is 35.9 Å². The zero-order valence-corrected chi connectivity index (χ0v) is 18.0. The highest BCUT2D eigenvalue weighted by molar-refractivity contribution is 5.13. The minimum atomic E-state index is 0. The van der Waals surface area contributed by atoms with Gasteiger partial charge in [-0.2, -0.15) is 0 Å². The summed E-state index contributed by atoms with van der Waals surface area (Å²) in [5.41, 5.74) is 1.27. The van der Waals surface area contributed by atoms with Crippen LogP contribution in [0, 0.1) is 0 Å². The molecule has 0 heterocycles. The van der Waals surface area contributed by atoms with E-state index in [1.54, 1.807) is 0 Å². The van der Waals surface area contributed by atoms with Gasteiger partial charge in [0.25, 0.3) is 0 Å². The Morgan fingerprint density at radius 1 is 0.741 bits per heavy atom. The van der Waals surface area contributed by atoms with Crippen molar-refractivity contribution in [2.75, 3.05) is 13.1 Å². The normalized spacial score (nSPS) is 18.7. The van der Waals surface area contributed by atoms with E-state index in [0.29, 0.717) is 18.7 Å². The first-order valence-corrected chi connectivity index (χ1v) is 10.5. The molecule has 0 spiro atoms. The Morgan fingerprint density at radius 3 is 1.70 bits per heavy atom. The molecule has 156 valence electrons. The SMILES string of the molecule is [Cl-].[Cl-].c1ccc(COC(CNC2CCCCC2)CNC2CCCCC2)cc1. The Balaban J connectivity index is 0.00000182. The van der Waals surface area contributed by atoms with Gasteiger partial charge in [-0.1, -0.05) is 68.9 Å². The number of benzene rings is 1. The average molecular weight is 415 g/mol. The molecule has 2 N–H and O–H groups in total. The number of hydrogen-bond acceptors (Lipinski definition) is 3. The second-order valence-electron chi connectivity index (χ2n) is 7.90. The molecule has 0 amide bonds. The fraction of sp³-hybridized carbons (Fsp3) is 0.727. The van der Waals surface area contributed by atoms with Gasteiger partial charge in [0.05, 0.1) is 12.7 Å². The van der Waals surface area contributed by atoms with Gasteiger partial charge >= 0.3 is 0 Å². The van der Waals surface area contributed by atoms with Crippen molar-refractivity contribution < 1.29 is 29.6 Å². The molecule has 1 aromatic rings. The largest absolute Gasteiger partial charge is 1.00 e. The Kier molecular flexibility index (Phi) is 13.4. The lowest BCUT2D eigenvalue weighted by Gasteiger charge is -2.28. The first-order valence-electron chi connectivity index (χ1n) is 10.5. The van der Waals surface area contributed by atoms with Crippen molar-refractivity contribution in [1.82, 2.24) is 10.6 Å². The lowest BCUT2D eigenvalue weighted by Crippen LogP contribution is -3.00. The molecule has 27 heavy (non-hydrogen) atoms. The summed E-state index contributed by atoms with van der Waals surface area (Å²) >= 11 is 0. The number of nitrogens with one attached hydrogen (secondary N) is 2. The zero-order valence-electron chi connectivity index (χ0n) is 16.5. The number of ether oxygens (including phenoxy) is 1. The molecular weight excluding hydrogens is 379 g/mol. The Bertz CT molecular complexity index is 441. The van der Waals surface area contributed by atoms with Gasteiger partial charge in [0.1, 0.15) is 0 Å². The van der Waals surface area contributed by atoms with E-state index in [1.807, 2.05) is 0 Å². The minimum absolute atomic E-state index is 0. The summed E-state index contributed by atoms with van der Waals surface area (Å²) in [7, 11) is 0. The number of hydrogen-bond donors (Lipinski definition) is 2. The first kappa shape index (κ1) is 24.7. The van der Waals surface area contributed by atoms with Gasteiger partial charge in [0.15, 0.2) is 0 Å². The lowest BCUT2D eigenvalue weighted by atomic mass is 9.95. The van der Waals surface area contributed by atoms with Gasteiger partial charge in [-0.05, 0) is 31.2 Å². The zero-order chi connectivity index (χ0) is 17.2. The third-order valence-corrected chi connectivity index (χ3v) is 5.81. The molecule has 5 heteroatoms. The summed E-state index contributed by atoms with van der Waals surface area (Å²) < 4.78 is 6.29. The minimum Gasteiger partial charge on any atom is -1.00 e. The fourth-order valence-electron chi connectivity index (χ4n) is 4.19. The van der Waals surface area contributed by atoms with Gasteiger partial charge in [0, 0.05) is 25.2 Å². The molecule has 0 radical (unpaired) electrons. The monoisotopic (exact) mass is 414 g/mol. The maximum atomic E-state index is 6.29. The van der Waals surface area contributed by atoms with E-state index in [2.05, 4.69) is 41.0 Å². The third kappa shape index (κ3) is 9.62. The highest BCUT2D eigenvalue weighted by atomic mass is 35.5. The van der Waals surface area contributed by atoms with Crippen molar-refractivity contribution in [1.29, 1.82) is 0 Å². The van der Waals surface area contributed by atoms with Crippen molar-refractivity contribution in [2.24, 2.45) is 0 Å². The first-order chi connectivity index (χ1) is 12.4. The maximum absolute atomic E-state index is 6.29. The average Bonchev–Trinajstić information content (AvgIpc) is 2.70. The van der Waals surface area contributed by atoms with E-state index >= 15 is 0 Å². The van der Waals surface area contributed by atoms with Crippen LogP contribution >= 0.6 is 0 Å². The van der Waals surface area contributed by atoms with Crippen LogP contribution in [-0.2, 0) is 11.3 Å². The van der Waals surface area contributed by atoms with Gasteiger partial charge < -0.3 is 40.2 Å². The van der Waals surface area contributed by atoms with Crippen LogP contribution in [0.15, 0.2) is 30.3 Å². The van der Waals surface area contributed by atoms with Crippen LogP contribution in [0.4, 0.5) is 0 Å². The van der Waals surface area contributed by atoms with Crippen molar-refractivity contribution in [2.45, 2.75) is 89.0 Å². The Labute approximate surface area is 178 Å². The molecule has 0 saturated heterocycles. The van der Waals surface area contributed by atoms with Crippen molar-refractivity contribution in [3.8, 4) is 0 Å². The second kappa shape index (κ2) is 14.6. The topological polar surface area (TPSA) is 33.3 Å². The van der Waals surface area contributed by atoms with Gasteiger partial charge in [-0.15, -0.1) is 0 Å². The van der Waals surface area contributed by atoms with Crippen LogP contribution in [0.3, 0.4) is 0 Å². The molecule has 0 bridgehead atoms. The molecule has 2 aliphatic rings. The van der Waals surface area contributed by atoms with E-state index in [1.165, 1.54) is 69.8 Å². The molecule has 2 saturated carbocycles. The van der Waals surface area contributed by atoms with Crippen LogP contribution in [-0.4, -0.2) is 31.3 Å². The summed E-state index contributed by atoms with van der Waals surface area (Å²) in [4.78, 5) is 0. The molecule has 2 aliphatic carbocycles. The highest BCUT2D eigenvalue weighted by Gasteiger charge is 2.18. The van der Waals surface area contributed by atoms with Crippen LogP contribution in [0.25, 0.3) is 0 Å². The number of rotatable bonds is 9. The highest BCUT2D eigenvalue weighted by Crippen LogP contribution is 2.18. The Hall–Kier alpha value is -0.320. The van der Waals surface area contributed by atoms with E-state index in [9.17, 15) is 0 Å². The van der Waals surface area contributed by atoms with Crippen LogP contribution in [0.5, 0.6) is 0 Å². The van der Waals surface area contributed by atoms with Crippen molar-refractivity contribution in [3.63, 3.8) is 0 Å².